The maximum absolute atomic E-state index is 5.82. The predicted molar refractivity (Wildman–Crippen MR) is 117 cm³/mol. The van der Waals surface area contributed by atoms with Crippen molar-refractivity contribution in [3.8, 4) is 5.75 Å². The molecule has 0 aliphatic rings. The number of nitrogens with one attached hydrogen (secondary N) is 1. The molecule has 0 unspecified atom stereocenters. The van der Waals surface area contributed by atoms with Gasteiger partial charge in [0.2, 0.25) is 4.77 Å². The summed E-state index contributed by atoms with van der Waals surface area (Å²) < 4.78 is 7.94. The number of benzene rings is 3. The molecule has 0 spiro atoms. The first-order chi connectivity index (χ1) is 14.3. The van der Waals surface area contributed by atoms with Crippen LogP contribution in [0.15, 0.2) is 90.0 Å². The molecule has 0 amide bonds. The Hall–Kier alpha value is -3.51. The van der Waals surface area contributed by atoms with Gasteiger partial charge >= 0.3 is 0 Å². The molecule has 4 aromatic rings. The van der Waals surface area contributed by atoms with Crippen molar-refractivity contribution >= 4 is 18.4 Å². The van der Waals surface area contributed by atoms with Gasteiger partial charge in [0.15, 0.2) is 5.82 Å². The fraction of sp³-hybridized carbons (Fsp3) is 0.0870. The molecule has 4 rings (SSSR count). The minimum absolute atomic E-state index is 0.468. The second-order valence-electron chi connectivity index (χ2n) is 6.51. The zero-order chi connectivity index (χ0) is 19.9. The fourth-order valence-electron chi connectivity index (χ4n) is 2.85. The Morgan fingerprint density at radius 1 is 0.897 bits per heavy atom. The molecular weight excluding hydrogens is 380 g/mol. The SMILES string of the molecule is S=c1[nH]nc(Cc2ccccc2)n1/N=C/c1ccc(OCc2ccccc2)cc1. The van der Waals surface area contributed by atoms with Crippen LogP contribution >= 0.6 is 12.2 Å². The largest absolute Gasteiger partial charge is 0.489 e. The zero-order valence-corrected chi connectivity index (χ0v) is 16.5. The summed E-state index contributed by atoms with van der Waals surface area (Å²) in [6, 6.07) is 28.0. The Bertz CT molecular complexity index is 1130. The number of hydrogen-bond acceptors (Lipinski definition) is 4. The molecule has 144 valence electrons. The fourth-order valence-corrected chi connectivity index (χ4v) is 3.05. The van der Waals surface area contributed by atoms with E-state index in [1.165, 1.54) is 0 Å². The molecule has 0 aliphatic heterocycles. The molecule has 0 saturated carbocycles. The van der Waals surface area contributed by atoms with E-state index in [0.29, 0.717) is 17.8 Å². The molecular formula is C23H20N4OS. The van der Waals surface area contributed by atoms with Crippen molar-refractivity contribution in [1.29, 1.82) is 0 Å². The Morgan fingerprint density at radius 3 is 2.24 bits per heavy atom. The average molecular weight is 401 g/mol. The van der Waals surface area contributed by atoms with Crippen molar-refractivity contribution in [1.82, 2.24) is 14.9 Å². The number of aromatic amines is 1. The molecule has 0 atom stereocenters. The van der Waals surface area contributed by atoms with Gasteiger partial charge in [-0.15, -0.1) is 0 Å². The molecule has 0 aliphatic carbocycles. The lowest BCUT2D eigenvalue weighted by Gasteiger charge is -2.06. The van der Waals surface area contributed by atoms with Gasteiger partial charge in [0, 0.05) is 6.42 Å². The number of nitrogens with zero attached hydrogens (tertiary/aromatic N) is 3. The van der Waals surface area contributed by atoms with Gasteiger partial charge in [-0.2, -0.15) is 14.9 Å². The molecule has 0 fully saturated rings. The number of aromatic nitrogens is 3. The van der Waals surface area contributed by atoms with Gasteiger partial charge in [0.05, 0.1) is 6.21 Å². The van der Waals surface area contributed by atoms with E-state index >= 15 is 0 Å². The molecule has 29 heavy (non-hydrogen) atoms. The maximum Gasteiger partial charge on any atom is 0.216 e. The molecule has 3 aromatic carbocycles. The Labute approximate surface area is 174 Å². The van der Waals surface area contributed by atoms with E-state index in [9.17, 15) is 0 Å². The van der Waals surface area contributed by atoms with Gasteiger partial charge in [-0.3, -0.25) is 5.10 Å². The van der Waals surface area contributed by atoms with Crippen LogP contribution in [-0.2, 0) is 13.0 Å². The van der Waals surface area contributed by atoms with Crippen molar-refractivity contribution in [2.45, 2.75) is 13.0 Å². The molecule has 6 heteroatoms. The second-order valence-corrected chi connectivity index (χ2v) is 6.89. The number of rotatable bonds is 7. The lowest BCUT2D eigenvalue weighted by Crippen LogP contribution is -2.00. The Balaban J connectivity index is 1.43. The van der Waals surface area contributed by atoms with Crippen LogP contribution in [-0.4, -0.2) is 21.1 Å². The van der Waals surface area contributed by atoms with Crippen LogP contribution in [0, 0.1) is 4.77 Å². The highest BCUT2D eigenvalue weighted by molar-refractivity contribution is 7.71. The normalized spacial score (nSPS) is 11.0. The summed E-state index contributed by atoms with van der Waals surface area (Å²) in [4.78, 5) is 0. The van der Waals surface area contributed by atoms with E-state index in [2.05, 4.69) is 27.4 Å². The Morgan fingerprint density at radius 2 is 1.55 bits per heavy atom. The summed E-state index contributed by atoms with van der Waals surface area (Å²) >= 11 is 5.32. The van der Waals surface area contributed by atoms with Gasteiger partial charge in [0.1, 0.15) is 12.4 Å². The van der Waals surface area contributed by atoms with Gasteiger partial charge in [-0.1, -0.05) is 60.7 Å². The van der Waals surface area contributed by atoms with Crippen LogP contribution < -0.4 is 4.74 Å². The quantitative estimate of drug-likeness (QED) is 0.351. The van der Waals surface area contributed by atoms with Crippen LogP contribution in [0.25, 0.3) is 0 Å². The number of hydrogen-bond donors (Lipinski definition) is 1. The molecule has 1 aromatic heterocycles. The number of ether oxygens (including phenoxy) is 1. The minimum Gasteiger partial charge on any atom is -0.489 e. The average Bonchev–Trinajstić information content (AvgIpc) is 3.12. The second kappa shape index (κ2) is 9.12. The summed E-state index contributed by atoms with van der Waals surface area (Å²) in [5.74, 6) is 1.58. The first-order valence-corrected chi connectivity index (χ1v) is 9.70. The van der Waals surface area contributed by atoms with Crippen LogP contribution in [0.1, 0.15) is 22.5 Å². The monoisotopic (exact) mass is 400 g/mol. The number of H-pyrrole nitrogens is 1. The van der Waals surface area contributed by atoms with Crippen molar-refractivity contribution in [3.05, 3.63) is 112 Å². The van der Waals surface area contributed by atoms with Crippen molar-refractivity contribution in [2.24, 2.45) is 5.10 Å². The van der Waals surface area contributed by atoms with Crippen LogP contribution in [0.4, 0.5) is 0 Å². The van der Waals surface area contributed by atoms with Crippen molar-refractivity contribution < 1.29 is 4.74 Å². The van der Waals surface area contributed by atoms with Crippen molar-refractivity contribution in [2.75, 3.05) is 0 Å². The van der Waals surface area contributed by atoms with Crippen LogP contribution in [0.5, 0.6) is 5.75 Å². The summed E-state index contributed by atoms with van der Waals surface area (Å²) in [5, 5.41) is 11.6. The third-order valence-corrected chi connectivity index (χ3v) is 4.64. The lowest BCUT2D eigenvalue weighted by atomic mass is 10.1. The minimum atomic E-state index is 0.468. The van der Waals surface area contributed by atoms with E-state index in [1.807, 2.05) is 72.8 Å². The highest BCUT2D eigenvalue weighted by Gasteiger charge is 2.06. The molecule has 0 radical (unpaired) electrons. The van der Waals surface area contributed by atoms with Crippen molar-refractivity contribution in [3.63, 3.8) is 0 Å². The van der Waals surface area contributed by atoms with Crippen LogP contribution in [0.3, 0.4) is 0 Å². The highest BCUT2D eigenvalue weighted by Crippen LogP contribution is 2.14. The Kier molecular flexibility index (Phi) is 5.92. The molecule has 5 nitrogen and oxygen atoms in total. The maximum atomic E-state index is 5.82. The summed E-state index contributed by atoms with van der Waals surface area (Å²) in [7, 11) is 0. The third-order valence-electron chi connectivity index (χ3n) is 4.37. The zero-order valence-electron chi connectivity index (χ0n) is 15.7. The third kappa shape index (κ3) is 5.06. The van der Waals surface area contributed by atoms with Crippen LogP contribution in [0.2, 0.25) is 0 Å². The predicted octanol–water partition coefficient (Wildman–Crippen LogP) is 4.99. The van der Waals surface area contributed by atoms with Gasteiger partial charge in [-0.25, -0.2) is 0 Å². The highest BCUT2D eigenvalue weighted by atomic mass is 32.1. The topological polar surface area (TPSA) is 55.2 Å². The molecule has 0 saturated heterocycles. The molecule has 1 heterocycles. The summed E-state index contributed by atoms with van der Waals surface area (Å²) in [6.07, 6.45) is 2.42. The first kappa shape index (κ1) is 18.8. The van der Waals surface area contributed by atoms with E-state index in [1.54, 1.807) is 10.9 Å². The summed E-state index contributed by atoms with van der Waals surface area (Å²) in [6.45, 7) is 0.543. The van der Waals surface area contributed by atoms with E-state index in [4.69, 9.17) is 17.0 Å². The van der Waals surface area contributed by atoms with E-state index < -0.39 is 0 Å². The van der Waals surface area contributed by atoms with E-state index in [0.717, 1.165) is 28.3 Å². The van der Waals surface area contributed by atoms with Gasteiger partial charge in [0.25, 0.3) is 0 Å². The first-order valence-electron chi connectivity index (χ1n) is 9.29. The standard InChI is InChI=1S/C23H20N4OS/c29-23-26-25-22(15-18-7-3-1-4-8-18)27(23)24-16-19-11-13-21(14-12-19)28-17-20-9-5-2-6-10-20/h1-14,16H,15,17H2,(H,26,29)/b24-16+. The summed E-state index contributed by atoms with van der Waals surface area (Å²) in [5.41, 5.74) is 3.24. The van der Waals surface area contributed by atoms with Gasteiger partial charge < -0.3 is 4.74 Å². The lowest BCUT2D eigenvalue weighted by molar-refractivity contribution is 0.306. The van der Waals surface area contributed by atoms with Gasteiger partial charge in [-0.05, 0) is 53.2 Å². The molecule has 1 N–H and O–H groups in total. The molecule has 0 bridgehead atoms. The smallest absolute Gasteiger partial charge is 0.216 e. The van der Waals surface area contributed by atoms with E-state index in [-0.39, 0.29) is 0 Å².